The summed E-state index contributed by atoms with van der Waals surface area (Å²) in [6.07, 6.45) is 9.77. The van der Waals surface area contributed by atoms with E-state index < -0.39 is 23.6 Å². The first kappa shape index (κ1) is 35.0. The van der Waals surface area contributed by atoms with Crippen molar-refractivity contribution in [2.45, 2.75) is 123 Å². The summed E-state index contributed by atoms with van der Waals surface area (Å²) in [5.41, 5.74) is 9.30. The van der Waals surface area contributed by atoms with Gasteiger partial charge in [-0.15, -0.1) is 0 Å². The van der Waals surface area contributed by atoms with Gasteiger partial charge in [-0.25, -0.2) is 0 Å². The molecular formula is C38H61NPSi2+. The Hall–Kier alpha value is -1.52. The fourth-order valence-corrected chi connectivity index (χ4v) is 21.9. The van der Waals surface area contributed by atoms with E-state index >= 15 is 0 Å². The third kappa shape index (κ3) is 8.35. The standard InChI is InChI=1S/C38H61NPSi2/c1-7-26-41(27-8-2,28-9-3)37-22-16-20-35(32-37)40(39,25-24-34-18-14-13-15-19-34)36-21-17-23-38(33-36)42(29-10-4,30-11-5)31-12-6/h13-23,32-33H,7-12,24-31,39H2,1-6H3/q+1. The van der Waals surface area contributed by atoms with Crippen LogP contribution in [0.15, 0.2) is 78.9 Å². The maximum atomic E-state index is 7.90. The van der Waals surface area contributed by atoms with Gasteiger partial charge in [0, 0.05) is 6.42 Å². The quantitative estimate of drug-likeness (QED) is 0.105. The molecule has 1 nitrogen and oxygen atoms in total. The largest absolute Gasteiger partial charge is 0.196 e. The normalized spacial score (nSPS) is 12.5. The molecule has 2 N–H and O–H groups in total. The molecule has 0 radical (unpaired) electrons. The second-order valence-corrected chi connectivity index (χ2v) is 25.5. The molecule has 0 amide bonds. The van der Waals surface area contributed by atoms with Gasteiger partial charge in [0.2, 0.25) is 0 Å². The molecule has 4 heteroatoms. The summed E-state index contributed by atoms with van der Waals surface area (Å²) < 4.78 is 0. The van der Waals surface area contributed by atoms with Crippen LogP contribution in [0, 0.1) is 0 Å². The molecule has 3 aromatic carbocycles. The molecule has 42 heavy (non-hydrogen) atoms. The Kier molecular flexibility index (Phi) is 14.2. The predicted octanol–water partition coefficient (Wildman–Crippen LogP) is 9.54. The summed E-state index contributed by atoms with van der Waals surface area (Å²) >= 11 is 0. The van der Waals surface area contributed by atoms with Crippen LogP contribution in [0.5, 0.6) is 0 Å². The molecule has 0 fully saturated rings. The van der Waals surface area contributed by atoms with Gasteiger partial charge in [0.1, 0.15) is 18.0 Å². The summed E-state index contributed by atoms with van der Waals surface area (Å²) in [5, 5.41) is 6.20. The van der Waals surface area contributed by atoms with E-state index in [0.29, 0.717) is 0 Å². The van der Waals surface area contributed by atoms with Crippen LogP contribution >= 0.6 is 7.41 Å². The van der Waals surface area contributed by atoms with Gasteiger partial charge in [0.05, 0.1) is 22.3 Å². The zero-order valence-electron chi connectivity index (χ0n) is 27.9. The first-order valence-corrected chi connectivity index (χ1v) is 24.6. The van der Waals surface area contributed by atoms with Gasteiger partial charge < -0.3 is 0 Å². The molecule has 0 atom stereocenters. The fourth-order valence-electron chi connectivity index (χ4n) is 8.01. The van der Waals surface area contributed by atoms with Gasteiger partial charge in [-0.1, -0.05) is 181 Å². The SMILES string of the molecule is CCC[Si](CCC)(CCC)c1cccc([P+](N)(CCc2ccccc2)c2cccc([Si](CCC)(CCC)CCC)c2)c1. The van der Waals surface area contributed by atoms with Crippen molar-refractivity contribution in [2.75, 3.05) is 6.16 Å². The minimum atomic E-state index is -2.10. The van der Waals surface area contributed by atoms with E-state index in [0.717, 1.165) is 12.6 Å². The van der Waals surface area contributed by atoms with Crippen LogP contribution in [0.4, 0.5) is 0 Å². The number of hydrogen-bond donors (Lipinski definition) is 1. The third-order valence-corrected chi connectivity index (χ3v) is 24.9. The summed E-state index contributed by atoms with van der Waals surface area (Å²) in [6, 6.07) is 39.2. The van der Waals surface area contributed by atoms with Crippen molar-refractivity contribution in [3.63, 3.8) is 0 Å². The highest BCUT2D eigenvalue weighted by atomic mass is 31.2. The van der Waals surface area contributed by atoms with Crippen LogP contribution in [0.1, 0.15) is 85.6 Å². The average Bonchev–Trinajstić information content (AvgIpc) is 3.01. The Labute approximate surface area is 262 Å². The minimum absolute atomic E-state index is 1.03. The van der Waals surface area contributed by atoms with Crippen LogP contribution in [-0.2, 0) is 6.42 Å². The first-order valence-electron chi connectivity index (χ1n) is 17.3. The van der Waals surface area contributed by atoms with Gasteiger partial charge in [-0.05, 0) is 29.8 Å². The van der Waals surface area contributed by atoms with Gasteiger partial charge >= 0.3 is 0 Å². The van der Waals surface area contributed by atoms with Crippen molar-refractivity contribution in [2.24, 2.45) is 5.50 Å². The van der Waals surface area contributed by atoms with Crippen molar-refractivity contribution in [3.8, 4) is 0 Å². The highest BCUT2D eigenvalue weighted by molar-refractivity contribution is 7.87. The molecule has 3 rings (SSSR count). The molecule has 0 bridgehead atoms. The Morgan fingerprint density at radius 3 is 1.24 bits per heavy atom. The van der Waals surface area contributed by atoms with Gasteiger partial charge in [-0.3, -0.25) is 0 Å². The zero-order valence-corrected chi connectivity index (χ0v) is 30.8. The molecule has 0 aromatic heterocycles. The second kappa shape index (κ2) is 17.1. The van der Waals surface area contributed by atoms with E-state index in [4.69, 9.17) is 5.50 Å². The maximum Gasteiger partial charge on any atom is 0.143 e. The predicted molar refractivity (Wildman–Crippen MR) is 200 cm³/mol. The third-order valence-electron chi connectivity index (χ3n) is 9.81. The first-order chi connectivity index (χ1) is 20.4. The molecule has 0 aliphatic heterocycles. The van der Waals surface area contributed by atoms with Crippen molar-refractivity contribution in [1.82, 2.24) is 0 Å². The lowest BCUT2D eigenvalue weighted by Crippen LogP contribution is -2.50. The molecule has 0 aliphatic carbocycles. The van der Waals surface area contributed by atoms with Crippen LogP contribution in [-0.4, -0.2) is 22.3 Å². The zero-order chi connectivity index (χ0) is 30.5. The Morgan fingerprint density at radius 1 is 0.500 bits per heavy atom. The van der Waals surface area contributed by atoms with Crippen LogP contribution in [0.3, 0.4) is 0 Å². The molecule has 230 valence electrons. The van der Waals surface area contributed by atoms with E-state index in [1.165, 1.54) is 91.0 Å². The number of hydrogen-bond acceptors (Lipinski definition) is 1. The van der Waals surface area contributed by atoms with E-state index in [2.05, 4.69) is 120 Å². The fraction of sp³-hybridized carbons (Fsp3) is 0.526. The molecule has 0 spiro atoms. The Morgan fingerprint density at radius 2 is 0.881 bits per heavy atom. The van der Waals surface area contributed by atoms with Crippen LogP contribution < -0.4 is 26.5 Å². The lowest BCUT2D eigenvalue weighted by molar-refractivity contribution is 0.937. The summed E-state index contributed by atoms with van der Waals surface area (Å²) in [5.74, 6) is 0. The smallest absolute Gasteiger partial charge is 0.143 e. The maximum absolute atomic E-state index is 7.90. The molecule has 0 saturated heterocycles. The van der Waals surface area contributed by atoms with Gasteiger partial charge in [0.25, 0.3) is 0 Å². The Balaban J connectivity index is 2.20. The van der Waals surface area contributed by atoms with Gasteiger partial charge in [0.15, 0.2) is 0 Å². The monoisotopic (exact) mass is 618 g/mol. The van der Waals surface area contributed by atoms with Crippen molar-refractivity contribution in [3.05, 3.63) is 84.4 Å². The molecule has 0 heterocycles. The molecular weight excluding hydrogens is 558 g/mol. The van der Waals surface area contributed by atoms with E-state index in [-0.39, 0.29) is 0 Å². The van der Waals surface area contributed by atoms with E-state index in [1.807, 2.05) is 0 Å². The molecule has 3 aromatic rings. The summed E-state index contributed by atoms with van der Waals surface area (Å²) in [6.45, 7) is 14.3. The highest BCUT2D eigenvalue weighted by Crippen LogP contribution is 2.48. The van der Waals surface area contributed by atoms with E-state index in [1.54, 1.807) is 10.4 Å². The average molecular weight is 619 g/mol. The molecule has 0 aliphatic rings. The number of benzene rings is 3. The Bertz CT molecular complexity index is 1090. The highest BCUT2D eigenvalue weighted by Gasteiger charge is 2.42. The number of aryl methyl sites for hydroxylation is 1. The van der Waals surface area contributed by atoms with E-state index in [9.17, 15) is 0 Å². The van der Waals surface area contributed by atoms with Crippen molar-refractivity contribution >= 4 is 44.5 Å². The summed E-state index contributed by atoms with van der Waals surface area (Å²) in [4.78, 5) is 0. The lowest BCUT2D eigenvalue weighted by atomic mass is 10.2. The minimum Gasteiger partial charge on any atom is -0.196 e. The van der Waals surface area contributed by atoms with Crippen molar-refractivity contribution < 1.29 is 0 Å². The van der Waals surface area contributed by atoms with Crippen LogP contribution in [0.2, 0.25) is 36.3 Å². The topological polar surface area (TPSA) is 26.0 Å². The summed E-state index contributed by atoms with van der Waals surface area (Å²) in [7, 11) is -5.25. The molecule has 0 saturated carbocycles. The van der Waals surface area contributed by atoms with Crippen LogP contribution in [0.25, 0.3) is 0 Å². The number of rotatable bonds is 19. The van der Waals surface area contributed by atoms with Crippen molar-refractivity contribution in [1.29, 1.82) is 0 Å². The van der Waals surface area contributed by atoms with Gasteiger partial charge in [-0.2, -0.15) is 5.50 Å². The molecule has 0 unspecified atom stereocenters. The second-order valence-electron chi connectivity index (χ2n) is 13.0. The number of nitrogens with two attached hydrogens (primary N) is 1. The lowest BCUT2D eigenvalue weighted by Gasteiger charge is -2.34.